The Morgan fingerprint density at radius 1 is 1.12 bits per heavy atom. The van der Waals surface area contributed by atoms with Gasteiger partial charge >= 0.3 is 12.1 Å². The SMILES string of the molecule is CNc1ncnc2cc(OC)c(NC(=O)C3CCCN3C(=O)N(CC(C)(C)C)C(=O)C(C)N(C)C(=O)OC(C)(C)C)cc12. The summed E-state index contributed by atoms with van der Waals surface area (Å²) in [5, 5.41) is 6.61. The van der Waals surface area contributed by atoms with Crippen LogP contribution in [0.15, 0.2) is 18.5 Å². The van der Waals surface area contributed by atoms with Crippen molar-refractivity contribution in [1.82, 2.24) is 24.7 Å². The predicted molar refractivity (Wildman–Crippen MR) is 164 cm³/mol. The molecule has 1 aromatic heterocycles. The molecule has 2 aromatic rings. The third-order valence-corrected chi connectivity index (χ3v) is 7.00. The number of likely N-dealkylation sites (tertiary alicyclic amines) is 1. The highest BCUT2D eigenvalue weighted by Gasteiger charge is 2.41. The van der Waals surface area contributed by atoms with Crippen LogP contribution >= 0.6 is 0 Å². The first-order valence-electron chi connectivity index (χ1n) is 14.4. The molecule has 1 aliphatic rings. The van der Waals surface area contributed by atoms with Crippen molar-refractivity contribution in [2.45, 2.75) is 79.0 Å². The van der Waals surface area contributed by atoms with Crippen LogP contribution in [0.2, 0.25) is 0 Å². The molecule has 2 atom stereocenters. The molecule has 1 aliphatic heterocycles. The van der Waals surface area contributed by atoms with Gasteiger partial charge in [0.15, 0.2) is 0 Å². The first kappa shape index (κ1) is 33.3. The van der Waals surface area contributed by atoms with E-state index in [-0.39, 0.29) is 6.54 Å². The molecule has 2 heterocycles. The van der Waals surface area contributed by atoms with Crippen molar-refractivity contribution in [3.05, 3.63) is 18.5 Å². The summed E-state index contributed by atoms with van der Waals surface area (Å²) in [5.74, 6) is 0.0206. The highest BCUT2D eigenvalue weighted by atomic mass is 16.6. The van der Waals surface area contributed by atoms with Crippen molar-refractivity contribution in [2.24, 2.45) is 5.41 Å². The van der Waals surface area contributed by atoms with E-state index in [2.05, 4.69) is 20.6 Å². The summed E-state index contributed by atoms with van der Waals surface area (Å²) < 4.78 is 10.9. The maximum atomic E-state index is 14.0. The first-order valence-corrected chi connectivity index (χ1v) is 14.4. The van der Waals surface area contributed by atoms with Crippen molar-refractivity contribution < 1.29 is 28.7 Å². The standard InChI is InChI=1S/C30H45N7O6/c1-18(35(9)28(41)43-30(5,6)7)26(39)37(16-29(2,3)4)27(40)36-13-11-12-22(36)25(38)34-21-14-19-20(15-23(21)42-10)32-17-33-24(19)31-8/h14-15,17-18,22H,11-13,16H2,1-10H3,(H,34,38)(H,31,32,33). The van der Waals surface area contributed by atoms with Crippen molar-refractivity contribution in [3.8, 4) is 5.75 Å². The molecular formula is C30H45N7O6. The van der Waals surface area contributed by atoms with Gasteiger partial charge in [0, 0.05) is 38.6 Å². The number of fused-ring (bicyclic) bond motifs is 1. The van der Waals surface area contributed by atoms with Crippen LogP contribution in [0, 0.1) is 5.41 Å². The zero-order chi connectivity index (χ0) is 32.3. The summed E-state index contributed by atoms with van der Waals surface area (Å²) in [6.45, 7) is 12.9. The summed E-state index contributed by atoms with van der Waals surface area (Å²) in [6.07, 6.45) is 1.76. The number of aromatic nitrogens is 2. The molecule has 0 spiro atoms. The molecule has 13 heteroatoms. The lowest BCUT2D eigenvalue weighted by Gasteiger charge is -2.36. The van der Waals surface area contributed by atoms with Crippen molar-refractivity contribution in [1.29, 1.82) is 0 Å². The van der Waals surface area contributed by atoms with Crippen LogP contribution in [0.5, 0.6) is 5.75 Å². The Hall–Kier alpha value is -4.16. The van der Waals surface area contributed by atoms with Crippen molar-refractivity contribution >= 4 is 46.3 Å². The number of carbonyl (C=O) groups excluding carboxylic acids is 4. The topological polar surface area (TPSA) is 146 Å². The number of anilines is 2. The molecule has 0 bridgehead atoms. The molecule has 0 saturated carbocycles. The van der Waals surface area contributed by atoms with Gasteiger partial charge in [-0.05, 0) is 52.0 Å². The Kier molecular flexibility index (Phi) is 10.1. The average molecular weight is 600 g/mol. The molecule has 0 aliphatic carbocycles. The third kappa shape index (κ3) is 8.02. The summed E-state index contributed by atoms with van der Waals surface area (Å²) >= 11 is 0. The molecule has 236 valence electrons. The number of rotatable bonds is 7. The zero-order valence-electron chi connectivity index (χ0n) is 26.9. The maximum Gasteiger partial charge on any atom is 0.410 e. The van der Waals surface area contributed by atoms with Crippen LogP contribution in [0.4, 0.5) is 21.1 Å². The Morgan fingerprint density at radius 2 is 1.79 bits per heavy atom. The Labute approximate surface area is 253 Å². The second-order valence-corrected chi connectivity index (χ2v) is 12.9. The van der Waals surface area contributed by atoms with Gasteiger partial charge in [0.25, 0.3) is 5.91 Å². The van der Waals surface area contributed by atoms with Crippen molar-refractivity contribution in [2.75, 3.05) is 44.9 Å². The number of amides is 5. The molecule has 3 rings (SSSR count). The minimum atomic E-state index is -0.985. The molecule has 0 radical (unpaired) electrons. The van der Waals surface area contributed by atoms with E-state index >= 15 is 0 Å². The number of imide groups is 1. The largest absolute Gasteiger partial charge is 0.494 e. The fraction of sp³-hybridized carbons (Fsp3) is 0.600. The second-order valence-electron chi connectivity index (χ2n) is 12.9. The van der Waals surface area contributed by atoms with E-state index in [4.69, 9.17) is 9.47 Å². The fourth-order valence-corrected chi connectivity index (χ4v) is 4.79. The summed E-state index contributed by atoms with van der Waals surface area (Å²) in [7, 11) is 4.70. The van der Waals surface area contributed by atoms with Gasteiger partial charge in [0.2, 0.25) is 5.91 Å². The molecule has 2 N–H and O–H groups in total. The molecule has 1 fully saturated rings. The van der Waals surface area contributed by atoms with Gasteiger partial charge in [-0.25, -0.2) is 19.6 Å². The molecule has 13 nitrogen and oxygen atoms in total. The molecule has 43 heavy (non-hydrogen) atoms. The molecule has 2 unspecified atom stereocenters. The number of carbonyl (C=O) groups is 4. The van der Waals surface area contributed by atoms with Gasteiger partial charge in [-0.1, -0.05) is 20.8 Å². The highest BCUT2D eigenvalue weighted by Crippen LogP contribution is 2.33. The second kappa shape index (κ2) is 13.0. The van der Waals surface area contributed by atoms with E-state index in [0.717, 1.165) is 4.90 Å². The molecule has 1 saturated heterocycles. The van der Waals surface area contributed by atoms with Crippen LogP contribution < -0.4 is 15.4 Å². The number of likely N-dealkylation sites (N-methyl/N-ethyl adjacent to an activating group) is 1. The maximum absolute atomic E-state index is 14.0. The van der Waals surface area contributed by atoms with Crippen LogP contribution in [0.25, 0.3) is 10.9 Å². The molecule has 5 amide bonds. The molecular weight excluding hydrogens is 554 g/mol. The van der Waals surface area contributed by atoms with Gasteiger partial charge in [-0.3, -0.25) is 19.4 Å². The van der Waals surface area contributed by atoms with E-state index in [1.807, 2.05) is 20.8 Å². The highest BCUT2D eigenvalue weighted by molar-refractivity contribution is 6.04. The van der Waals surface area contributed by atoms with E-state index < -0.39 is 47.0 Å². The smallest absolute Gasteiger partial charge is 0.410 e. The van der Waals surface area contributed by atoms with Crippen LogP contribution in [0.3, 0.4) is 0 Å². The number of nitrogens with one attached hydrogen (secondary N) is 2. The van der Waals surface area contributed by atoms with Crippen LogP contribution in [-0.2, 0) is 14.3 Å². The Balaban J connectivity index is 1.87. The summed E-state index contributed by atoms with van der Waals surface area (Å²) in [6, 6.07) is 1.04. The molecule has 1 aromatic carbocycles. The van der Waals surface area contributed by atoms with Gasteiger partial charge < -0.3 is 25.0 Å². The minimum absolute atomic E-state index is 0.0906. The first-order chi connectivity index (χ1) is 20.0. The zero-order valence-corrected chi connectivity index (χ0v) is 26.9. The lowest BCUT2D eigenvalue weighted by Crippen LogP contribution is -2.57. The normalized spacial score (nSPS) is 16.0. The fourth-order valence-electron chi connectivity index (χ4n) is 4.79. The number of hydrogen-bond donors (Lipinski definition) is 2. The number of nitrogens with zero attached hydrogens (tertiary/aromatic N) is 5. The van der Waals surface area contributed by atoms with E-state index in [9.17, 15) is 19.2 Å². The minimum Gasteiger partial charge on any atom is -0.494 e. The van der Waals surface area contributed by atoms with E-state index in [0.29, 0.717) is 47.5 Å². The van der Waals surface area contributed by atoms with Gasteiger partial charge in [0.05, 0.1) is 18.3 Å². The number of ether oxygens (including phenoxy) is 2. The lowest BCUT2D eigenvalue weighted by atomic mass is 9.95. The summed E-state index contributed by atoms with van der Waals surface area (Å²) in [4.78, 5) is 66.4. The van der Waals surface area contributed by atoms with E-state index in [1.165, 1.54) is 30.3 Å². The van der Waals surface area contributed by atoms with Crippen LogP contribution in [-0.4, -0.2) is 101 Å². The Bertz CT molecular complexity index is 1370. The van der Waals surface area contributed by atoms with Crippen LogP contribution in [0.1, 0.15) is 61.3 Å². The van der Waals surface area contributed by atoms with Gasteiger partial charge in [-0.15, -0.1) is 0 Å². The lowest BCUT2D eigenvalue weighted by molar-refractivity contribution is -0.135. The average Bonchev–Trinajstić information content (AvgIpc) is 3.42. The number of urea groups is 1. The van der Waals surface area contributed by atoms with Crippen molar-refractivity contribution in [3.63, 3.8) is 0 Å². The number of benzene rings is 1. The summed E-state index contributed by atoms with van der Waals surface area (Å²) in [5.41, 5.74) is -0.159. The van der Waals surface area contributed by atoms with Gasteiger partial charge in [-0.2, -0.15) is 0 Å². The quantitative estimate of drug-likeness (QED) is 0.475. The monoisotopic (exact) mass is 599 g/mol. The number of hydrogen-bond acceptors (Lipinski definition) is 9. The predicted octanol–water partition coefficient (Wildman–Crippen LogP) is 4.33. The van der Waals surface area contributed by atoms with Gasteiger partial charge in [0.1, 0.15) is 35.6 Å². The Morgan fingerprint density at radius 3 is 2.37 bits per heavy atom. The van der Waals surface area contributed by atoms with E-state index in [1.54, 1.807) is 46.9 Å². The third-order valence-electron chi connectivity index (χ3n) is 7.00. The number of methoxy groups -OCH3 is 1.